The van der Waals surface area contributed by atoms with E-state index in [9.17, 15) is 9.18 Å². The van der Waals surface area contributed by atoms with Gasteiger partial charge in [-0.15, -0.1) is 0 Å². The van der Waals surface area contributed by atoms with Gasteiger partial charge >= 0.3 is 0 Å². The summed E-state index contributed by atoms with van der Waals surface area (Å²) in [5.41, 5.74) is 0.152. The van der Waals surface area contributed by atoms with Gasteiger partial charge in [0.05, 0.1) is 5.56 Å². The lowest BCUT2D eigenvalue weighted by Gasteiger charge is -2.37. The topological polar surface area (TPSA) is 23.6 Å². The van der Waals surface area contributed by atoms with Crippen LogP contribution in [0.15, 0.2) is 22.7 Å². The van der Waals surface area contributed by atoms with Gasteiger partial charge in [-0.1, -0.05) is 19.9 Å². The van der Waals surface area contributed by atoms with E-state index in [1.54, 1.807) is 17.0 Å². The highest BCUT2D eigenvalue weighted by molar-refractivity contribution is 9.10. The van der Waals surface area contributed by atoms with Crippen molar-refractivity contribution >= 4 is 21.8 Å². The molecule has 0 spiro atoms. The van der Waals surface area contributed by atoms with Gasteiger partial charge in [0.15, 0.2) is 0 Å². The first-order chi connectivity index (χ1) is 10.1. The zero-order valence-corrected chi connectivity index (χ0v) is 14.2. The van der Waals surface area contributed by atoms with E-state index in [1.807, 2.05) is 0 Å². The maximum atomic E-state index is 13.9. The van der Waals surface area contributed by atoms with Crippen molar-refractivity contribution in [2.75, 3.05) is 26.2 Å². The summed E-state index contributed by atoms with van der Waals surface area (Å²) in [4.78, 5) is 16.7. The van der Waals surface area contributed by atoms with Crippen LogP contribution in [0, 0.1) is 5.82 Å². The highest BCUT2D eigenvalue weighted by atomic mass is 79.9. The Balaban J connectivity index is 2.04. The fourth-order valence-electron chi connectivity index (χ4n) is 3.03. The van der Waals surface area contributed by atoms with Crippen molar-refractivity contribution in [3.05, 3.63) is 34.1 Å². The van der Waals surface area contributed by atoms with Crippen LogP contribution in [0.25, 0.3) is 0 Å². The van der Waals surface area contributed by atoms with E-state index in [0.717, 1.165) is 25.9 Å². The van der Waals surface area contributed by atoms with Crippen LogP contribution in [0.4, 0.5) is 4.39 Å². The number of amides is 1. The molecule has 1 aliphatic rings. The minimum absolute atomic E-state index is 0.152. The smallest absolute Gasteiger partial charge is 0.257 e. The van der Waals surface area contributed by atoms with Crippen LogP contribution in [-0.4, -0.2) is 47.9 Å². The average Bonchev–Trinajstić information content (AvgIpc) is 2.49. The van der Waals surface area contributed by atoms with Gasteiger partial charge in [-0.25, -0.2) is 4.39 Å². The molecule has 0 saturated carbocycles. The molecule has 1 heterocycles. The van der Waals surface area contributed by atoms with E-state index in [2.05, 4.69) is 34.7 Å². The van der Waals surface area contributed by atoms with Gasteiger partial charge in [0, 0.05) is 23.6 Å². The van der Waals surface area contributed by atoms with E-state index in [-0.39, 0.29) is 11.5 Å². The summed E-state index contributed by atoms with van der Waals surface area (Å²) in [5.74, 6) is -0.668. The summed E-state index contributed by atoms with van der Waals surface area (Å²) in [5, 5.41) is 0. The lowest BCUT2D eigenvalue weighted by Crippen LogP contribution is -2.46. The Morgan fingerprint density at radius 3 is 2.48 bits per heavy atom. The molecule has 116 valence electrons. The van der Waals surface area contributed by atoms with Crippen molar-refractivity contribution in [1.29, 1.82) is 0 Å². The predicted octanol–water partition coefficient (Wildman–Crippen LogP) is 3.53. The third kappa shape index (κ3) is 3.64. The fraction of sp³-hybridized carbons (Fsp3) is 0.562. The molecule has 0 unspecified atom stereocenters. The van der Waals surface area contributed by atoms with Gasteiger partial charge in [-0.2, -0.15) is 0 Å². The van der Waals surface area contributed by atoms with E-state index in [4.69, 9.17) is 0 Å². The molecule has 21 heavy (non-hydrogen) atoms. The molecule has 0 N–H and O–H groups in total. The van der Waals surface area contributed by atoms with Gasteiger partial charge in [0.25, 0.3) is 5.91 Å². The predicted molar refractivity (Wildman–Crippen MR) is 85.9 cm³/mol. The quantitative estimate of drug-likeness (QED) is 0.823. The highest BCUT2D eigenvalue weighted by Gasteiger charge is 2.28. The Kier molecular flexibility index (Phi) is 5.76. The first-order valence-electron chi connectivity index (χ1n) is 7.55. The molecule has 1 aromatic rings. The summed E-state index contributed by atoms with van der Waals surface area (Å²) in [6, 6.07) is 5.18. The van der Waals surface area contributed by atoms with E-state index >= 15 is 0 Å². The maximum absolute atomic E-state index is 13.9. The van der Waals surface area contributed by atoms with Crippen molar-refractivity contribution in [2.24, 2.45) is 0 Å². The van der Waals surface area contributed by atoms with Crippen LogP contribution >= 0.6 is 15.9 Å². The Morgan fingerprint density at radius 2 is 1.95 bits per heavy atom. The molecule has 1 aromatic carbocycles. The van der Waals surface area contributed by atoms with Crippen molar-refractivity contribution in [1.82, 2.24) is 9.80 Å². The number of hydrogen-bond acceptors (Lipinski definition) is 2. The SMILES string of the molecule is CCN(CC)C1CCN(C(=O)c2c(F)cccc2Br)CC1. The van der Waals surface area contributed by atoms with Crippen LogP contribution in [0.1, 0.15) is 37.0 Å². The second-order valence-electron chi connectivity index (χ2n) is 5.34. The zero-order valence-electron chi connectivity index (χ0n) is 12.6. The number of likely N-dealkylation sites (tertiary alicyclic amines) is 1. The van der Waals surface area contributed by atoms with Crippen LogP contribution in [0.5, 0.6) is 0 Å². The molecule has 1 fully saturated rings. The molecule has 5 heteroatoms. The number of piperidine rings is 1. The first kappa shape index (κ1) is 16.4. The first-order valence-corrected chi connectivity index (χ1v) is 8.35. The van der Waals surface area contributed by atoms with Crippen LogP contribution in [-0.2, 0) is 0 Å². The molecule has 2 rings (SSSR count). The van der Waals surface area contributed by atoms with E-state index in [1.165, 1.54) is 6.07 Å². The zero-order chi connectivity index (χ0) is 15.4. The number of carbonyl (C=O) groups is 1. The van der Waals surface area contributed by atoms with Crippen molar-refractivity contribution in [2.45, 2.75) is 32.7 Å². The lowest BCUT2D eigenvalue weighted by atomic mass is 10.0. The number of benzene rings is 1. The molecule has 3 nitrogen and oxygen atoms in total. The normalized spacial score (nSPS) is 16.5. The van der Waals surface area contributed by atoms with Crippen molar-refractivity contribution < 1.29 is 9.18 Å². The monoisotopic (exact) mass is 356 g/mol. The van der Waals surface area contributed by atoms with E-state index < -0.39 is 5.82 Å². The van der Waals surface area contributed by atoms with Gasteiger partial charge in [-0.05, 0) is 54.0 Å². The highest BCUT2D eigenvalue weighted by Crippen LogP contribution is 2.24. The Bertz CT molecular complexity index is 477. The summed E-state index contributed by atoms with van der Waals surface area (Å²) in [6.07, 6.45) is 1.92. The van der Waals surface area contributed by atoms with Crippen molar-refractivity contribution in [3.63, 3.8) is 0 Å². The Morgan fingerprint density at radius 1 is 1.33 bits per heavy atom. The molecule has 1 amide bonds. The molecule has 1 aliphatic heterocycles. The summed E-state index contributed by atoms with van der Waals surface area (Å²) in [6.45, 7) is 7.79. The molecule has 1 saturated heterocycles. The minimum Gasteiger partial charge on any atom is -0.338 e. The summed E-state index contributed by atoms with van der Waals surface area (Å²) < 4.78 is 14.4. The van der Waals surface area contributed by atoms with Crippen LogP contribution < -0.4 is 0 Å². The largest absolute Gasteiger partial charge is 0.338 e. The second-order valence-corrected chi connectivity index (χ2v) is 6.20. The molecular weight excluding hydrogens is 335 g/mol. The molecule has 0 aromatic heterocycles. The number of rotatable bonds is 4. The van der Waals surface area contributed by atoms with Crippen molar-refractivity contribution in [3.8, 4) is 0 Å². The molecule has 0 aliphatic carbocycles. The summed E-state index contributed by atoms with van der Waals surface area (Å²) >= 11 is 3.28. The molecule has 0 radical (unpaired) electrons. The van der Waals surface area contributed by atoms with Gasteiger partial charge in [0.1, 0.15) is 5.82 Å². The number of halogens is 2. The molecular formula is C16H22BrFN2O. The van der Waals surface area contributed by atoms with E-state index in [0.29, 0.717) is 23.6 Å². The number of hydrogen-bond donors (Lipinski definition) is 0. The molecule has 0 bridgehead atoms. The van der Waals surface area contributed by atoms with Gasteiger partial charge in [-0.3, -0.25) is 4.79 Å². The third-order valence-electron chi connectivity index (χ3n) is 4.26. The Labute approximate surface area is 134 Å². The second kappa shape index (κ2) is 7.36. The lowest BCUT2D eigenvalue weighted by molar-refractivity contribution is 0.0626. The van der Waals surface area contributed by atoms with Crippen LogP contribution in [0.3, 0.4) is 0 Å². The standard InChI is InChI=1S/C16H22BrFN2O/c1-3-19(4-2)12-8-10-20(11-9-12)16(21)15-13(17)6-5-7-14(15)18/h5-7,12H,3-4,8-11H2,1-2H3. The number of carbonyl (C=O) groups excluding carboxylic acids is 1. The summed E-state index contributed by atoms with van der Waals surface area (Å²) in [7, 11) is 0. The van der Waals surface area contributed by atoms with Gasteiger partial charge < -0.3 is 9.80 Å². The molecule has 0 atom stereocenters. The average molecular weight is 357 g/mol. The minimum atomic E-state index is -0.458. The number of nitrogens with zero attached hydrogens (tertiary/aromatic N) is 2. The third-order valence-corrected chi connectivity index (χ3v) is 4.92. The Hall–Kier alpha value is -0.940. The van der Waals surface area contributed by atoms with Gasteiger partial charge in [0.2, 0.25) is 0 Å². The van der Waals surface area contributed by atoms with Crippen LogP contribution in [0.2, 0.25) is 0 Å². The fourth-order valence-corrected chi connectivity index (χ4v) is 3.55. The maximum Gasteiger partial charge on any atom is 0.257 e.